The van der Waals surface area contributed by atoms with E-state index >= 15 is 0 Å². The van der Waals surface area contributed by atoms with Crippen molar-refractivity contribution in [1.29, 1.82) is 0 Å². The van der Waals surface area contributed by atoms with Crippen molar-refractivity contribution in [2.24, 2.45) is 45.3 Å². The van der Waals surface area contributed by atoms with Gasteiger partial charge in [0.05, 0.1) is 28.8 Å². The number of carbonyl (C=O) groups excluding carboxylic acids is 2. The zero-order valence-electron chi connectivity index (χ0n) is 39.7. The normalized spacial score (nSPS) is 36.6. The van der Waals surface area contributed by atoms with Crippen molar-refractivity contribution < 1.29 is 29.3 Å². The molecule has 1 aromatic carbocycles. The van der Waals surface area contributed by atoms with E-state index in [0.717, 1.165) is 73.9 Å². The predicted octanol–water partition coefficient (Wildman–Crippen LogP) is 10.8. The van der Waals surface area contributed by atoms with Crippen LogP contribution >= 0.6 is 0 Å². The summed E-state index contributed by atoms with van der Waals surface area (Å²) in [4.78, 5) is 32.1. The second-order valence-corrected chi connectivity index (χ2v) is 23.8. The molecule has 63 heavy (non-hydrogen) atoms. The zero-order chi connectivity index (χ0) is 44.4. The van der Waals surface area contributed by atoms with Crippen LogP contribution < -0.4 is 0 Å². The minimum absolute atomic E-state index is 0.0912. The molecule has 8 nitrogen and oxygen atoms in total. The highest BCUT2D eigenvalue weighted by Crippen LogP contribution is 2.75. The Morgan fingerprint density at radius 2 is 1.59 bits per heavy atom. The van der Waals surface area contributed by atoms with Gasteiger partial charge in [0, 0.05) is 68.2 Å². The first-order valence-corrected chi connectivity index (χ1v) is 25.1. The Morgan fingerprint density at radius 3 is 2.27 bits per heavy atom. The van der Waals surface area contributed by atoms with E-state index in [2.05, 4.69) is 87.8 Å². The van der Waals surface area contributed by atoms with Gasteiger partial charge in [-0.15, -0.1) is 0 Å². The van der Waals surface area contributed by atoms with E-state index in [1.807, 2.05) is 13.8 Å². The lowest BCUT2D eigenvalue weighted by Gasteiger charge is -2.70. The first-order valence-electron chi connectivity index (χ1n) is 25.1. The maximum Gasteiger partial charge on any atom is 0.160 e. The third-order valence-corrected chi connectivity index (χ3v) is 19.5. The van der Waals surface area contributed by atoms with Gasteiger partial charge in [0.1, 0.15) is 11.9 Å². The van der Waals surface area contributed by atoms with Gasteiger partial charge in [0.15, 0.2) is 5.78 Å². The number of aromatic nitrogens is 2. The molecule has 10 rings (SSSR count). The van der Waals surface area contributed by atoms with Crippen molar-refractivity contribution in [3.05, 3.63) is 70.1 Å². The van der Waals surface area contributed by atoms with Crippen molar-refractivity contribution in [2.75, 3.05) is 13.2 Å². The molecule has 5 aliphatic carbocycles. The number of aromatic amines is 1. The summed E-state index contributed by atoms with van der Waals surface area (Å²) in [6.07, 6.45) is 16.2. The maximum absolute atomic E-state index is 14.9. The third kappa shape index (κ3) is 6.95. The summed E-state index contributed by atoms with van der Waals surface area (Å²) in [5.41, 5.74) is 7.90. The van der Waals surface area contributed by atoms with Crippen LogP contribution in [-0.2, 0) is 32.0 Å². The second kappa shape index (κ2) is 15.5. The number of epoxide rings is 1. The van der Waals surface area contributed by atoms with Gasteiger partial charge in [-0.05, 0) is 145 Å². The highest BCUT2D eigenvalue weighted by molar-refractivity contribution is 6.01. The lowest BCUT2D eigenvalue weighted by molar-refractivity contribution is -0.220. The summed E-state index contributed by atoms with van der Waals surface area (Å²) in [6, 6.07) is 9.70. The highest BCUT2D eigenvalue weighted by atomic mass is 16.6. The van der Waals surface area contributed by atoms with Gasteiger partial charge in [-0.3, -0.25) is 9.59 Å². The molecule has 8 heteroatoms. The Bertz CT molecular complexity index is 2270. The van der Waals surface area contributed by atoms with E-state index < -0.39 is 23.0 Å². The first-order chi connectivity index (χ1) is 29.9. The summed E-state index contributed by atoms with van der Waals surface area (Å²) in [5, 5.41) is 24.9. The van der Waals surface area contributed by atoms with Crippen molar-refractivity contribution in [2.45, 2.75) is 188 Å². The van der Waals surface area contributed by atoms with Crippen molar-refractivity contribution in [1.82, 2.24) is 9.55 Å². The Hall–Kier alpha value is -3.04. The van der Waals surface area contributed by atoms with Crippen molar-refractivity contribution in [3.8, 4) is 0 Å². The number of hydrogen-bond donors (Lipinski definition) is 3. The fraction of sp³-hybridized carbons (Fsp3) is 0.709. The molecule has 10 atom stereocenters. The van der Waals surface area contributed by atoms with Crippen LogP contribution in [0.4, 0.5) is 0 Å². The maximum atomic E-state index is 14.9. The number of nitrogens with zero attached hydrogens (tertiary/aromatic N) is 1. The highest BCUT2D eigenvalue weighted by Gasteiger charge is 2.72. The molecular formula is C55H76N2O6. The average Bonchev–Trinajstić information content (AvgIpc) is 3.53. The molecule has 0 radical (unpaired) electrons. The van der Waals surface area contributed by atoms with Gasteiger partial charge in [-0.25, -0.2) is 0 Å². The summed E-state index contributed by atoms with van der Waals surface area (Å²) >= 11 is 0. The standard InChI is InChI=1S/C55H76N2O6/c1-32(24-41(58)50-52(4,5)63-50)45-42(59)29-55(8)46(45)39(48(61)49-53(6)19-15-44(60)51(2,3)43(53)14-20-54(49,55)7)31-57-30-38(47-40(57)16-21-56-47)27-33-25-36(34-12-10-9-11-13-34)28-37(26-33)35-17-22-62-23-18-35/h16,21,25-26,28,30,32,34-35,39,41,43,48-50,56,58,61H,9-15,17-20,22-24,27,29,31H2,1-8H3. The molecule has 3 N–H and O–H groups in total. The number of ketones is 2. The molecule has 4 saturated carbocycles. The zero-order valence-corrected chi connectivity index (χ0v) is 39.7. The smallest absolute Gasteiger partial charge is 0.160 e. The van der Waals surface area contributed by atoms with Crippen LogP contribution in [0, 0.1) is 45.3 Å². The Kier molecular flexibility index (Phi) is 10.8. The SMILES string of the molecule is CC(CC(O)C1OC1(C)C)C1=C2C(Cn3cc(Cc4cc(C5CCCCC5)cc(C5CCOCC5)c4)c4[nH]ccc43)C(O)C3C4(C)CCC(=O)C(C)(C)C4CCC3(C)C2(C)CC1=O. The number of aliphatic hydroxyl groups is 2. The molecule has 3 aromatic rings. The van der Waals surface area contributed by atoms with Crippen LogP contribution in [0.15, 0.2) is 47.8 Å². The van der Waals surface area contributed by atoms with Gasteiger partial charge in [0.25, 0.3) is 0 Å². The van der Waals surface area contributed by atoms with Gasteiger partial charge in [0.2, 0.25) is 0 Å². The number of aliphatic hydroxyl groups excluding tert-OH is 2. The van der Waals surface area contributed by atoms with Gasteiger partial charge in [-0.1, -0.05) is 79.0 Å². The van der Waals surface area contributed by atoms with Crippen molar-refractivity contribution >= 4 is 22.6 Å². The fourth-order valence-electron chi connectivity index (χ4n) is 16.0. The minimum Gasteiger partial charge on any atom is -0.392 e. The summed E-state index contributed by atoms with van der Waals surface area (Å²) in [7, 11) is 0. The fourth-order valence-corrected chi connectivity index (χ4v) is 16.0. The quantitative estimate of drug-likeness (QED) is 0.175. The van der Waals surface area contributed by atoms with Crippen molar-refractivity contribution in [3.63, 3.8) is 0 Å². The number of allylic oxidation sites excluding steroid dienone is 1. The largest absolute Gasteiger partial charge is 0.392 e. The first kappa shape index (κ1) is 43.8. The second-order valence-electron chi connectivity index (χ2n) is 23.8. The monoisotopic (exact) mass is 861 g/mol. The summed E-state index contributed by atoms with van der Waals surface area (Å²) in [6.45, 7) is 19.8. The number of benzene rings is 1. The summed E-state index contributed by atoms with van der Waals surface area (Å²) in [5.74, 6) is 1.23. The molecule has 0 spiro atoms. The Morgan fingerprint density at radius 1 is 0.905 bits per heavy atom. The topological polar surface area (TPSA) is 117 Å². The Labute approximate surface area is 376 Å². The molecule has 10 unspecified atom stereocenters. The molecule has 342 valence electrons. The van der Waals surface area contributed by atoms with E-state index in [1.165, 1.54) is 54.4 Å². The number of H-pyrrole nitrogens is 1. The third-order valence-electron chi connectivity index (χ3n) is 19.5. The number of carbonyl (C=O) groups is 2. The van der Waals surface area contributed by atoms with E-state index in [4.69, 9.17) is 9.47 Å². The van der Waals surface area contributed by atoms with Crippen LogP contribution in [0.3, 0.4) is 0 Å². The van der Waals surface area contributed by atoms with E-state index in [0.29, 0.717) is 43.4 Å². The number of ether oxygens (including phenoxy) is 2. The number of hydrogen-bond acceptors (Lipinski definition) is 6. The number of Topliss-reactive ketones (excluding diaryl/α,β-unsaturated/α-hetero) is 2. The van der Waals surface area contributed by atoms with E-state index in [9.17, 15) is 19.8 Å². The molecule has 0 bridgehead atoms. The molecule has 4 heterocycles. The van der Waals surface area contributed by atoms with Gasteiger partial charge in [-0.2, -0.15) is 0 Å². The molecule has 7 aliphatic rings. The number of nitrogens with one attached hydrogen (secondary N) is 1. The number of fused-ring (bicyclic) bond motifs is 6. The van der Waals surface area contributed by atoms with Crippen LogP contribution in [0.5, 0.6) is 0 Å². The van der Waals surface area contributed by atoms with Gasteiger partial charge >= 0.3 is 0 Å². The van der Waals surface area contributed by atoms with Crippen LogP contribution in [0.25, 0.3) is 11.0 Å². The molecule has 6 fully saturated rings. The Balaban J connectivity index is 1.06. The van der Waals surface area contributed by atoms with E-state index in [-0.39, 0.29) is 52.0 Å². The van der Waals surface area contributed by atoms with Crippen LogP contribution in [0.1, 0.15) is 173 Å². The minimum atomic E-state index is -0.715. The molecule has 2 aromatic heterocycles. The summed E-state index contributed by atoms with van der Waals surface area (Å²) < 4.78 is 14.1. The number of rotatable bonds is 10. The van der Waals surface area contributed by atoms with Crippen LogP contribution in [-0.4, -0.2) is 68.5 Å². The predicted molar refractivity (Wildman–Crippen MR) is 248 cm³/mol. The van der Waals surface area contributed by atoms with Gasteiger partial charge < -0.3 is 29.2 Å². The molecule has 0 amide bonds. The van der Waals surface area contributed by atoms with E-state index in [1.54, 1.807) is 0 Å². The average molecular weight is 861 g/mol. The lowest BCUT2D eigenvalue weighted by Crippen LogP contribution is -2.67. The molecule has 2 saturated heterocycles. The molecule has 2 aliphatic heterocycles. The lowest BCUT2D eigenvalue weighted by atomic mass is 9.34. The van der Waals surface area contributed by atoms with Crippen LogP contribution in [0.2, 0.25) is 0 Å². The molecular weight excluding hydrogens is 785 g/mol.